The van der Waals surface area contributed by atoms with Crippen LogP contribution in [-0.4, -0.2) is 33.2 Å². The molecule has 1 fully saturated rings. The first-order chi connectivity index (χ1) is 8.94. The lowest BCUT2D eigenvalue weighted by Gasteiger charge is -2.18. The van der Waals surface area contributed by atoms with Gasteiger partial charge in [-0.05, 0) is 24.6 Å². The first-order valence-corrected chi connectivity index (χ1v) is 7.72. The second-order valence-corrected chi connectivity index (χ2v) is 6.58. The van der Waals surface area contributed by atoms with Gasteiger partial charge in [0.15, 0.2) is 0 Å². The molecule has 0 atom stereocenters. The number of benzene rings is 1. The summed E-state index contributed by atoms with van der Waals surface area (Å²) in [5.74, 6) is -0.202. The molecule has 1 aliphatic rings. The molecule has 1 amide bonds. The van der Waals surface area contributed by atoms with E-state index < -0.39 is 10.0 Å². The molecule has 2 rings (SSSR count). The van der Waals surface area contributed by atoms with E-state index in [1.165, 1.54) is 10.4 Å². The van der Waals surface area contributed by atoms with E-state index in [1.54, 1.807) is 12.1 Å². The molecule has 104 valence electrons. The molecule has 19 heavy (non-hydrogen) atoms. The normalized spacial score (nSPS) is 17.5. The van der Waals surface area contributed by atoms with Crippen molar-refractivity contribution in [2.45, 2.75) is 6.42 Å². The molecule has 0 saturated carbocycles. The molecule has 0 bridgehead atoms. The predicted octanol–water partition coefficient (Wildman–Crippen LogP) is 0.777. The lowest BCUT2D eigenvalue weighted by Crippen LogP contribution is -2.25. The summed E-state index contributed by atoms with van der Waals surface area (Å²) < 4.78 is 24.9. The van der Waals surface area contributed by atoms with Crippen molar-refractivity contribution >= 4 is 38.9 Å². The second-order valence-electron chi connectivity index (χ2n) is 4.16. The number of nitrogens with zero attached hydrogens (tertiary/aromatic N) is 1. The third kappa shape index (κ3) is 2.99. The van der Waals surface area contributed by atoms with Gasteiger partial charge in [-0.25, -0.2) is 8.42 Å². The van der Waals surface area contributed by atoms with Gasteiger partial charge in [0.25, 0.3) is 0 Å². The number of nitrogens with two attached hydrogens (primary N) is 1. The van der Waals surface area contributed by atoms with Crippen molar-refractivity contribution in [1.29, 1.82) is 0 Å². The molecule has 0 aromatic heterocycles. The number of rotatable bonds is 3. The number of carbonyl (C=O) groups is 1. The second kappa shape index (κ2) is 5.36. The molecule has 1 aliphatic heterocycles. The number of nitrogens with one attached hydrogen (secondary N) is 1. The molecule has 3 N–H and O–H groups in total. The van der Waals surface area contributed by atoms with Crippen LogP contribution < -0.4 is 15.4 Å². The lowest BCUT2D eigenvalue weighted by atomic mass is 10.2. The number of hydrogen-bond acceptors (Lipinski definition) is 4. The minimum atomic E-state index is -3.26. The topological polar surface area (TPSA) is 92.5 Å². The Kier molecular flexibility index (Phi) is 3.98. The average Bonchev–Trinajstić information content (AvgIpc) is 2.69. The van der Waals surface area contributed by atoms with Crippen LogP contribution in [-0.2, 0) is 14.8 Å². The number of amides is 1. The highest BCUT2D eigenvalue weighted by Crippen LogP contribution is 2.33. The van der Waals surface area contributed by atoms with Gasteiger partial charge < -0.3 is 11.1 Å². The van der Waals surface area contributed by atoms with Crippen molar-refractivity contribution in [2.24, 2.45) is 5.73 Å². The minimum Gasteiger partial charge on any atom is -0.325 e. The minimum absolute atomic E-state index is 0.125. The molecule has 0 unspecified atom stereocenters. The van der Waals surface area contributed by atoms with E-state index in [4.69, 9.17) is 17.3 Å². The van der Waals surface area contributed by atoms with E-state index in [2.05, 4.69) is 5.32 Å². The van der Waals surface area contributed by atoms with E-state index in [9.17, 15) is 13.2 Å². The number of carbonyl (C=O) groups excluding carboxylic acids is 1. The fourth-order valence-electron chi connectivity index (χ4n) is 1.91. The van der Waals surface area contributed by atoms with Crippen LogP contribution in [0.1, 0.15) is 6.42 Å². The Balaban J connectivity index is 2.27. The fourth-order valence-corrected chi connectivity index (χ4v) is 3.82. The summed E-state index contributed by atoms with van der Waals surface area (Å²) >= 11 is 6.07. The fraction of sp³-hybridized carbons (Fsp3) is 0.364. The predicted molar refractivity (Wildman–Crippen MR) is 74.9 cm³/mol. The summed E-state index contributed by atoms with van der Waals surface area (Å²) in [6.45, 7) is 0.302. The van der Waals surface area contributed by atoms with Gasteiger partial charge in [-0.2, -0.15) is 0 Å². The van der Waals surface area contributed by atoms with E-state index in [1.807, 2.05) is 0 Å². The maximum absolute atomic E-state index is 11.8. The van der Waals surface area contributed by atoms with Crippen LogP contribution in [0.25, 0.3) is 0 Å². The van der Waals surface area contributed by atoms with Gasteiger partial charge in [0.2, 0.25) is 15.9 Å². The molecule has 1 saturated heterocycles. The molecule has 0 radical (unpaired) electrons. The third-order valence-electron chi connectivity index (χ3n) is 2.78. The SMILES string of the molecule is NCC(=O)Nc1ccc(N2CCCS2(=O)=O)c(Cl)c1. The summed E-state index contributed by atoms with van der Waals surface area (Å²) in [5, 5.41) is 2.83. The van der Waals surface area contributed by atoms with Gasteiger partial charge in [-0.1, -0.05) is 11.6 Å². The Bertz CT molecular complexity index is 603. The van der Waals surface area contributed by atoms with Crippen molar-refractivity contribution in [1.82, 2.24) is 0 Å². The summed E-state index contributed by atoms with van der Waals surface area (Å²) in [7, 11) is -3.26. The van der Waals surface area contributed by atoms with Gasteiger partial charge in [-0.3, -0.25) is 9.10 Å². The van der Waals surface area contributed by atoms with Gasteiger partial charge >= 0.3 is 0 Å². The monoisotopic (exact) mass is 303 g/mol. The molecule has 1 aromatic carbocycles. The maximum Gasteiger partial charge on any atom is 0.238 e. The van der Waals surface area contributed by atoms with Crippen LogP contribution >= 0.6 is 11.6 Å². The summed E-state index contributed by atoms with van der Waals surface area (Å²) in [6.07, 6.45) is 0.588. The number of anilines is 2. The van der Waals surface area contributed by atoms with Gasteiger partial charge in [0, 0.05) is 12.2 Å². The molecule has 8 heteroatoms. The molecule has 1 aromatic rings. The van der Waals surface area contributed by atoms with Crippen molar-refractivity contribution in [3.63, 3.8) is 0 Å². The molecule has 0 spiro atoms. The van der Waals surface area contributed by atoms with Crippen molar-refractivity contribution in [3.8, 4) is 0 Å². The Morgan fingerprint density at radius 1 is 1.47 bits per heavy atom. The van der Waals surface area contributed by atoms with E-state index in [0.717, 1.165) is 0 Å². The van der Waals surface area contributed by atoms with Gasteiger partial charge in [-0.15, -0.1) is 0 Å². The largest absolute Gasteiger partial charge is 0.325 e. The van der Waals surface area contributed by atoms with Crippen molar-refractivity contribution in [2.75, 3.05) is 28.5 Å². The Hall–Kier alpha value is -1.31. The lowest BCUT2D eigenvalue weighted by molar-refractivity contribution is -0.114. The molecular formula is C11H14ClN3O3S. The van der Waals surface area contributed by atoms with Crippen LogP contribution in [0.15, 0.2) is 18.2 Å². The highest BCUT2D eigenvalue weighted by atomic mass is 35.5. The summed E-state index contributed by atoms with van der Waals surface area (Å²) in [5.41, 5.74) is 6.11. The van der Waals surface area contributed by atoms with Crippen LogP contribution in [0, 0.1) is 0 Å². The zero-order valence-electron chi connectivity index (χ0n) is 10.1. The first-order valence-electron chi connectivity index (χ1n) is 5.74. The van der Waals surface area contributed by atoms with E-state index in [-0.39, 0.29) is 23.2 Å². The number of hydrogen-bond donors (Lipinski definition) is 2. The molecular weight excluding hydrogens is 290 g/mol. The summed E-state index contributed by atoms with van der Waals surface area (Å²) in [6, 6.07) is 4.69. The smallest absolute Gasteiger partial charge is 0.238 e. The van der Waals surface area contributed by atoms with Gasteiger partial charge in [0.1, 0.15) is 0 Å². The Morgan fingerprint density at radius 3 is 2.74 bits per heavy atom. The van der Waals surface area contributed by atoms with E-state index in [0.29, 0.717) is 24.3 Å². The average molecular weight is 304 g/mol. The molecule has 0 aliphatic carbocycles. The van der Waals surface area contributed by atoms with Crippen molar-refractivity contribution in [3.05, 3.63) is 23.2 Å². The van der Waals surface area contributed by atoms with Crippen LogP contribution in [0.3, 0.4) is 0 Å². The maximum atomic E-state index is 11.8. The zero-order chi connectivity index (χ0) is 14.0. The molecule has 6 nitrogen and oxygen atoms in total. The zero-order valence-corrected chi connectivity index (χ0v) is 11.7. The molecule has 1 heterocycles. The van der Waals surface area contributed by atoms with Crippen LogP contribution in [0.4, 0.5) is 11.4 Å². The van der Waals surface area contributed by atoms with Crippen LogP contribution in [0.5, 0.6) is 0 Å². The Morgan fingerprint density at radius 2 is 2.21 bits per heavy atom. The Labute approximate surface area is 116 Å². The highest BCUT2D eigenvalue weighted by molar-refractivity contribution is 7.93. The van der Waals surface area contributed by atoms with E-state index >= 15 is 0 Å². The van der Waals surface area contributed by atoms with Crippen molar-refractivity contribution < 1.29 is 13.2 Å². The number of sulfonamides is 1. The summed E-state index contributed by atoms with van der Waals surface area (Å²) in [4.78, 5) is 11.2. The third-order valence-corrected chi connectivity index (χ3v) is 4.94. The standard InChI is InChI=1S/C11H14ClN3O3S/c12-9-6-8(14-11(16)7-13)2-3-10(9)15-4-1-5-19(15,17)18/h2-3,6H,1,4-5,7,13H2,(H,14,16). The number of halogens is 1. The highest BCUT2D eigenvalue weighted by Gasteiger charge is 2.29. The first kappa shape index (κ1) is 14.1. The quantitative estimate of drug-likeness (QED) is 0.863. The van der Waals surface area contributed by atoms with Crippen LogP contribution in [0.2, 0.25) is 5.02 Å². The van der Waals surface area contributed by atoms with Gasteiger partial charge in [0.05, 0.1) is 23.0 Å².